The first-order valence-electron chi connectivity index (χ1n) is 12.4. The van der Waals surface area contributed by atoms with Gasteiger partial charge in [-0.1, -0.05) is 41.4 Å². The molecule has 0 aromatic carbocycles. The van der Waals surface area contributed by atoms with Crippen molar-refractivity contribution in [2.24, 2.45) is 34.5 Å². The standard InChI is InChI=1S/C26H41BrO4/c1-24-12-10-17(29)15-16(24)6-7-18-19-8-9-22(25(19,2)13-11-20(18)24)26(3,31)23(30)21(27)5-4-14-28/h6,17-22,28-29,31H,4-5,7-15H2,1-3H3/t17?,18-,19-,20-,21+,22-,24-,25-,26+/m0/s1. The van der Waals surface area contributed by atoms with E-state index in [1.165, 1.54) is 5.57 Å². The predicted octanol–water partition coefficient (Wildman–Crippen LogP) is 4.78. The van der Waals surface area contributed by atoms with E-state index in [-0.39, 0.29) is 35.2 Å². The number of fused-ring (bicyclic) bond motifs is 5. The minimum Gasteiger partial charge on any atom is -0.396 e. The van der Waals surface area contributed by atoms with Gasteiger partial charge in [-0.15, -0.1) is 0 Å². The second kappa shape index (κ2) is 8.52. The molecule has 0 saturated heterocycles. The molecule has 0 spiro atoms. The van der Waals surface area contributed by atoms with E-state index in [2.05, 4.69) is 35.9 Å². The average Bonchev–Trinajstić information content (AvgIpc) is 3.10. The summed E-state index contributed by atoms with van der Waals surface area (Å²) in [5.74, 6) is 1.69. The minimum atomic E-state index is -1.34. The number of aliphatic hydroxyl groups is 3. The van der Waals surface area contributed by atoms with Crippen LogP contribution in [0.3, 0.4) is 0 Å². The third kappa shape index (κ3) is 3.80. The van der Waals surface area contributed by atoms with Crippen LogP contribution in [-0.4, -0.2) is 44.2 Å². The van der Waals surface area contributed by atoms with E-state index in [0.717, 1.165) is 51.4 Å². The Kier molecular flexibility index (Phi) is 6.57. The Balaban J connectivity index is 1.56. The van der Waals surface area contributed by atoms with Gasteiger partial charge in [0.2, 0.25) is 0 Å². The van der Waals surface area contributed by atoms with Gasteiger partial charge in [0.05, 0.1) is 10.9 Å². The Morgan fingerprint density at radius 1 is 1.23 bits per heavy atom. The minimum absolute atomic E-state index is 0.0140. The van der Waals surface area contributed by atoms with E-state index in [0.29, 0.717) is 30.6 Å². The summed E-state index contributed by atoms with van der Waals surface area (Å²) >= 11 is 3.49. The van der Waals surface area contributed by atoms with Crippen LogP contribution in [0.5, 0.6) is 0 Å². The monoisotopic (exact) mass is 496 g/mol. The fourth-order valence-corrected chi connectivity index (χ4v) is 9.24. The van der Waals surface area contributed by atoms with Crippen molar-refractivity contribution in [3.8, 4) is 0 Å². The number of Topliss-reactive ketones (excluding diaryl/α,β-unsaturated/α-hetero) is 1. The second-order valence-electron chi connectivity index (χ2n) is 11.7. The number of aliphatic hydroxyl groups excluding tert-OH is 2. The Labute approximate surface area is 196 Å². The van der Waals surface area contributed by atoms with Gasteiger partial charge < -0.3 is 15.3 Å². The molecule has 4 aliphatic carbocycles. The van der Waals surface area contributed by atoms with Crippen LogP contribution in [-0.2, 0) is 4.79 Å². The van der Waals surface area contributed by atoms with Gasteiger partial charge in [0.1, 0.15) is 5.60 Å². The van der Waals surface area contributed by atoms with Gasteiger partial charge in [-0.3, -0.25) is 4.79 Å². The van der Waals surface area contributed by atoms with Crippen molar-refractivity contribution >= 4 is 21.7 Å². The molecule has 5 heteroatoms. The van der Waals surface area contributed by atoms with Gasteiger partial charge in [-0.2, -0.15) is 0 Å². The van der Waals surface area contributed by atoms with Gasteiger partial charge >= 0.3 is 0 Å². The first-order chi connectivity index (χ1) is 14.6. The smallest absolute Gasteiger partial charge is 0.177 e. The largest absolute Gasteiger partial charge is 0.396 e. The van der Waals surface area contributed by atoms with E-state index in [4.69, 9.17) is 5.11 Å². The molecule has 9 atom stereocenters. The second-order valence-corrected chi connectivity index (χ2v) is 12.8. The Morgan fingerprint density at radius 3 is 2.68 bits per heavy atom. The highest BCUT2D eigenvalue weighted by molar-refractivity contribution is 9.10. The lowest BCUT2D eigenvalue weighted by Crippen LogP contribution is -2.55. The van der Waals surface area contributed by atoms with Crippen LogP contribution in [0.25, 0.3) is 0 Å². The molecule has 176 valence electrons. The van der Waals surface area contributed by atoms with E-state index < -0.39 is 10.4 Å². The molecule has 31 heavy (non-hydrogen) atoms. The number of allylic oxidation sites excluding steroid dienone is 1. The molecule has 4 aliphatic rings. The van der Waals surface area contributed by atoms with Crippen LogP contribution in [0.1, 0.15) is 85.0 Å². The van der Waals surface area contributed by atoms with E-state index in [9.17, 15) is 15.0 Å². The number of rotatable bonds is 6. The van der Waals surface area contributed by atoms with Crippen molar-refractivity contribution in [3.05, 3.63) is 11.6 Å². The van der Waals surface area contributed by atoms with Gasteiger partial charge in [0.15, 0.2) is 5.78 Å². The molecule has 4 rings (SSSR count). The Morgan fingerprint density at radius 2 is 1.97 bits per heavy atom. The lowest BCUT2D eigenvalue weighted by atomic mass is 9.46. The molecule has 0 amide bonds. The quantitative estimate of drug-likeness (QED) is 0.365. The molecule has 0 aromatic heterocycles. The van der Waals surface area contributed by atoms with Crippen LogP contribution in [0.4, 0.5) is 0 Å². The SMILES string of the molecule is C[C@]12CC[C@H]3[C@@H](CC=C4CC(O)CC[C@@]43C)[C@@H]1CC[C@@H]2[C@@](C)(O)C(=O)[C@H](Br)CCCO. The van der Waals surface area contributed by atoms with Crippen molar-refractivity contribution < 1.29 is 20.1 Å². The molecular weight excluding hydrogens is 456 g/mol. The Hall–Kier alpha value is -0.230. The summed E-state index contributed by atoms with van der Waals surface area (Å²) in [6.07, 6.45) is 11.5. The summed E-state index contributed by atoms with van der Waals surface area (Å²) in [6, 6.07) is 0. The maximum Gasteiger partial charge on any atom is 0.177 e. The zero-order valence-corrected chi connectivity index (χ0v) is 21.0. The van der Waals surface area contributed by atoms with Crippen molar-refractivity contribution in [3.63, 3.8) is 0 Å². The molecule has 3 N–H and O–H groups in total. The van der Waals surface area contributed by atoms with Gasteiger partial charge in [-0.25, -0.2) is 0 Å². The van der Waals surface area contributed by atoms with Crippen LogP contribution in [0, 0.1) is 34.5 Å². The zero-order chi connectivity index (χ0) is 22.6. The number of carbonyl (C=O) groups excluding carboxylic acids is 1. The fraction of sp³-hybridized carbons (Fsp3) is 0.885. The van der Waals surface area contributed by atoms with Crippen molar-refractivity contribution in [2.75, 3.05) is 6.61 Å². The van der Waals surface area contributed by atoms with E-state index in [1.54, 1.807) is 6.92 Å². The van der Waals surface area contributed by atoms with Crippen LogP contribution in [0.15, 0.2) is 11.6 Å². The number of halogens is 1. The van der Waals surface area contributed by atoms with Crippen LogP contribution < -0.4 is 0 Å². The summed E-state index contributed by atoms with van der Waals surface area (Å²) in [4.78, 5) is 12.8. The highest BCUT2D eigenvalue weighted by atomic mass is 79.9. The Bertz CT molecular complexity index is 733. The van der Waals surface area contributed by atoms with E-state index in [1.807, 2.05) is 0 Å². The fourth-order valence-electron chi connectivity index (χ4n) is 8.46. The van der Waals surface area contributed by atoms with Crippen LogP contribution in [0.2, 0.25) is 0 Å². The molecule has 4 nitrogen and oxygen atoms in total. The topological polar surface area (TPSA) is 77.8 Å². The third-order valence-electron chi connectivity index (χ3n) is 10.2. The van der Waals surface area contributed by atoms with Crippen molar-refractivity contribution in [1.82, 2.24) is 0 Å². The van der Waals surface area contributed by atoms with E-state index >= 15 is 0 Å². The highest BCUT2D eigenvalue weighted by Gasteiger charge is 2.62. The molecule has 3 fully saturated rings. The van der Waals surface area contributed by atoms with Crippen molar-refractivity contribution in [1.29, 1.82) is 0 Å². The molecule has 0 heterocycles. The third-order valence-corrected chi connectivity index (χ3v) is 11.0. The molecule has 0 bridgehead atoms. The van der Waals surface area contributed by atoms with Gasteiger partial charge in [0, 0.05) is 12.5 Å². The highest BCUT2D eigenvalue weighted by Crippen LogP contribution is 2.67. The molecule has 0 aromatic rings. The zero-order valence-electron chi connectivity index (χ0n) is 19.4. The van der Waals surface area contributed by atoms with Crippen LogP contribution >= 0.6 is 15.9 Å². The summed E-state index contributed by atoms with van der Waals surface area (Å²) in [5, 5.41) is 30.9. The normalized spacial score (nSPS) is 45.0. The average molecular weight is 498 g/mol. The maximum absolute atomic E-state index is 13.2. The first kappa shape index (κ1) is 23.9. The number of carbonyl (C=O) groups is 1. The first-order valence-corrected chi connectivity index (χ1v) is 13.4. The lowest BCUT2D eigenvalue weighted by Gasteiger charge is -2.58. The summed E-state index contributed by atoms with van der Waals surface area (Å²) in [6.45, 7) is 6.59. The molecular formula is C26H41BrO4. The molecule has 1 unspecified atom stereocenters. The number of hydrogen-bond donors (Lipinski definition) is 3. The number of hydrogen-bond acceptors (Lipinski definition) is 4. The molecule has 3 saturated carbocycles. The maximum atomic E-state index is 13.2. The lowest BCUT2D eigenvalue weighted by molar-refractivity contribution is -0.151. The summed E-state index contributed by atoms with van der Waals surface area (Å²) in [5.41, 5.74) is 0.346. The van der Waals surface area contributed by atoms with Crippen molar-refractivity contribution in [2.45, 2.75) is 102 Å². The number of alkyl halides is 1. The van der Waals surface area contributed by atoms with Gasteiger partial charge in [-0.05, 0) is 99.7 Å². The predicted molar refractivity (Wildman–Crippen MR) is 126 cm³/mol. The summed E-state index contributed by atoms with van der Waals surface area (Å²) < 4.78 is 0. The summed E-state index contributed by atoms with van der Waals surface area (Å²) in [7, 11) is 0. The van der Waals surface area contributed by atoms with Gasteiger partial charge in [0.25, 0.3) is 0 Å². The molecule has 0 aliphatic heterocycles. The number of ketones is 1. The molecule has 0 radical (unpaired) electrons.